The van der Waals surface area contributed by atoms with Gasteiger partial charge in [-0.3, -0.25) is 9.59 Å². The number of carbonyl (C=O) groups excluding carboxylic acids is 2. The second-order valence-electron chi connectivity index (χ2n) is 5.41. The standard InChI is InChI=1S/C19H22N2O3/c1-3-15-9-7-8-12-17(15)24-14-19(23)21(2)13-18(22)20-16-10-5-4-6-11-16/h4-12H,3,13-14H2,1-2H3,(H,20,22). The molecule has 0 radical (unpaired) electrons. The molecule has 0 unspecified atom stereocenters. The molecule has 2 amide bonds. The summed E-state index contributed by atoms with van der Waals surface area (Å²) in [4.78, 5) is 25.4. The molecule has 0 aliphatic heterocycles. The van der Waals surface area contributed by atoms with Crippen molar-refractivity contribution in [3.8, 4) is 5.75 Å². The molecular weight excluding hydrogens is 304 g/mol. The number of amides is 2. The summed E-state index contributed by atoms with van der Waals surface area (Å²) in [6.45, 7) is 1.92. The lowest BCUT2D eigenvalue weighted by molar-refractivity contribution is -0.135. The van der Waals surface area contributed by atoms with Crippen molar-refractivity contribution in [2.45, 2.75) is 13.3 Å². The summed E-state index contributed by atoms with van der Waals surface area (Å²) in [5.74, 6) is 0.214. The number of nitrogens with one attached hydrogen (secondary N) is 1. The van der Waals surface area contributed by atoms with Gasteiger partial charge in [-0.2, -0.15) is 0 Å². The molecule has 2 aromatic carbocycles. The second kappa shape index (κ2) is 8.72. The summed E-state index contributed by atoms with van der Waals surface area (Å²) in [7, 11) is 1.59. The maximum Gasteiger partial charge on any atom is 0.260 e. The van der Waals surface area contributed by atoms with Crippen molar-refractivity contribution >= 4 is 17.5 Å². The van der Waals surface area contributed by atoms with Crippen LogP contribution in [0.15, 0.2) is 54.6 Å². The summed E-state index contributed by atoms with van der Waals surface area (Å²) < 4.78 is 5.59. The summed E-state index contributed by atoms with van der Waals surface area (Å²) in [5, 5.41) is 2.75. The minimum Gasteiger partial charge on any atom is -0.483 e. The Kier molecular flexibility index (Phi) is 6.37. The third kappa shape index (κ3) is 5.12. The summed E-state index contributed by atoms with van der Waals surface area (Å²) in [6.07, 6.45) is 0.833. The first-order valence-corrected chi connectivity index (χ1v) is 7.89. The second-order valence-corrected chi connectivity index (χ2v) is 5.41. The van der Waals surface area contributed by atoms with Crippen LogP contribution in [-0.4, -0.2) is 36.9 Å². The number of para-hydroxylation sites is 2. The third-order valence-electron chi connectivity index (χ3n) is 3.57. The molecule has 0 saturated heterocycles. The number of carbonyl (C=O) groups is 2. The number of hydrogen-bond donors (Lipinski definition) is 1. The van der Waals surface area contributed by atoms with Crippen molar-refractivity contribution in [3.63, 3.8) is 0 Å². The molecule has 0 aliphatic rings. The molecule has 5 heteroatoms. The Morgan fingerprint density at radius 3 is 2.42 bits per heavy atom. The average molecular weight is 326 g/mol. The number of likely N-dealkylation sites (N-methyl/N-ethyl adjacent to an activating group) is 1. The highest BCUT2D eigenvalue weighted by Gasteiger charge is 2.14. The number of ether oxygens (including phenoxy) is 1. The van der Waals surface area contributed by atoms with Crippen LogP contribution in [0.4, 0.5) is 5.69 Å². The fourth-order valence-electron chi connectivity index (χ4n) is 2.21. The molecule has 2 rings (SSSR count). The molecule has 0 fully saturated rings. The molecule has 126 valence electrons. The number of anilines is 1. The number of nitrogens with zero attached hydrogens (tertiary/aromatic N) is 1. The van der Waals surface area contributed by atoms with Crippen LogP contribution in [0.3, 0.4) is 0 Å². The molecule has 0 heterocycles. The zero-order valence-corrected chi connectivity index (χ0v) is 14.0. The number of rotatable bonds is 7. The lowest BCUT2D eigenvalue weighted by atomic mass is 10.1. The molecule has 0 aromatic heterocycles. The fourth-order valence-corrected chi connectivity index (χ4v) is 2.21. The molecule has 2 aromatic rings. The van der Waals surface area contributed by atoms with Gasteiger partial charge in [0, 0.05) is 12.7 Å². The summed E-state index contributed by atoms with van der Waals surface area (Å²) >= 11 is 0. The molecule has 0 aliphatic carbocycles. The van der Waals surface area contributed by atoms with Crippen LogP contribution in [0.1, 0.15) is 12.5 Å². The molecule has 5 nitrogen and oxygen atoms in total. The predicted octanol–water partition coefficient (Wildman–Crippen LogP) is 2.72. The van der Waals surface area contributed by atoms with Crippen molar-refractivity contribution in [3.05, 3.63) is 60.2 Å². The van der Waals surface area contributed by atoms with Crippen molar-refractivity contribution < 1.29 is 14.3 Å². The highest BCUT2D eigenvalue weighted by atomic mass is 16.5. The van der Waals surface area contributed by atoms with Crippen molar-refractivity contribution in [1.82, 2.24) is 4.90 Å². The van der Waals surface area contributed by atoms with E-state index in [1.807, 2.05) is 49.4 Å². The molecule has 0 atom stereocenters. The Labute approximate surface area is 142 Å². The Bertz CT molecular complexity index is 686. The van der Waals surface area contributed by atoms with Gasteiger partial charge in [0.2, 0.25) is 5.91 Å². The van der Waals surface area contributed by atoms with E-state index in [2.05, 4.69) is 5.32 Å². The fraction of sp³-hybridized carbons (Fsp3) is 0.263. The van der Waals surface area contributed by atoms with E-state index in [1.165, 1.54) is 4.90 Å². The van der Waals surface area contributed by atoms with Gasteiger partial charge in [-0.05, 0) is 30.2 Å². The van der Waals surface area contributed by atoms with Crippen molar-refractivity contribution in [2.24, 2.45) is 0 Å². The summed E-state index contributed by atoms with van der Waals surface area (Å²) in [5.41, 5.74) is 1.76. The SMILES string of the molecule is CCc1ccccc1OCC(=O)N(C)CC(=O)Nc1ccccc1. The normalized spacial score (nSPS) is 10.1. The molecule has 24 heavy (non-hydrogen) atoms. The van der Waals surface area contributed by atoms with E-state index in [1.54, 1.807) is 19.2 Å². The van der Waals surface area contributed by atoms with Gasteiger partial charge < -0.3 is 15.0 Å². The Balaban J connectivity index is 1.82. The van der Waals surface area contributed by atoms with E-state index < -0.39 is 0 Å². The largest absolute Gasteiger partial charge is 0.483 e. The zero-order chi connectivity index (χ0) is 17.4. The zero-order valence-electron chi connectivity index (χ0n) is 14.0. The maximum absolute atomic E-state index is 12.1. The van der Waals surface area contributed by atoms with Crippen LogP contribution in [0, 0.1) is 0 Å². The minimum atomic E-state index is -0.246. The van der Waals surface area contributed by atoms with E-state index in [9.17, 15) is 9.59 Å². The van der Waals surface area contributed by atoms with Crippen LogP contribution in [0.5, 0.6) is 5.75 Å². The first kappa shape index (κ1) is 17.5. The monoisotopic (exact) mass is 326 g/mol. The Morgan fingerprint density at radius 1 is 1.04 bits per heavy atom. The van der Waals surface area contributed by atoms with Gasteiger partial charge in [-0.15, -0.1) is 0 Å². The van der Waals surface area contributed by atoms with Gasteiger partial charge in [-0.25, -0.2) is 0 Å². The maximum atomic E-state index is 12.1. The topological polar surface area (TPSA) is 58.6 Å². The van der Waals surface area contributed by atoms with Crippen molar-refractivity contribution in [1.29, 1.82) is 0 Å². The van der Waals surface area contributed by atoms with Crippen LogP contribution >= 0.6 is 0 Å². The van der Waals surface area contributed by atoms with Crippen LogP contribution in [0.25, 0.3) is 0 Å². The average Bonchev–Trinajstić information content (AvgIpc) is 2.60. The highest BCUT2D eigenvalue weighted by molar-refractivity contribution is 5.94. The number of hydrogen-bond acceptors (Lipinski definition) is 3. The Morgan fingerprint density at radius 2 is 1.71 bits per heavy atom. The van der Waals surface area contributed by atoms with Gasteiger partial charge in [0.15, 0.2) is 6.61 Å². The lowest BCUT2D eigenvalue weighted by Crippen LogP contribution is -2.37. The first-order chi connectivity index (χ1) is 11.6. The van der Waals surface area contributed by atoms with Crippen LogP contribution < -0.4 is 10.1 Å². The van der Waals surface area contributed by atoms with Gasteiger partial charge in [0.1, 0.15) is 5.75 Å². The lowest BCUT2D eigenvalue weighted by Gasteiger charge is -2.18. The molecule has 0 spiro atoms. The van der Waals surface area contributed by atoms with Gasteiger partial charge in [0.05, 0.1) is 6.54 Å². The summed E-state index contributed by atoms with van der Waals surface area (Å²) in [6, 6.07) is 16.8. The third-order valence-corrected chi connectivity index (χ3v) is 3.57. The first-order valence-electron chi connectivity index (χ1n) is 7.89. The van der Waals surface area contributed by atoms with E-state index in [4.69, 9.17) is 4.74 Å². The number of benzene rings is 2. The van der Waals surface area contributed by atoms with E-state index in [0.717, 1.165) is 12.0 Å². The Hall–Kier alpha value is -2.82. The number of aryl methyl sites for hydroxylation is 1. The van der Waals surface area contributed by atoms with Crippen molar-refractivity contribution in [2.75, 3.05) is 25.5 Å². The minimum absolute atomic E-state index is 0.0213. The highest BCUT2D eigenvalue weighted by Crippen LogP contribution is 2.18. The van der Waals surface area contributed by atoms with Gasteiger partial charge >= 0.3 is 0 Å². The molecule has 0 bridgehead atoms. The quantitative estimate of drug-likeness (QED) is 0.851. The van der Waals surface area contributed by atoms with Gasteiger partial charge in [-0.1, -0.05) is 43.3 Å². The van der Waals surface area contributed by atoms with Crippen LogP contribution in [-0.2, 0) is 16.0 Å². The molecular formula is C19H22N2O3. The molecule has 0 saturated carbocycles. The van der Waals surface area contributed by atoms with Crippen LogP contribution in [0.2, 0.25) is 0 Å². The smallest absolute Gasteiger partial charge is 0.260 e. The predicted molar refractivity (Wildman–Crippen MR) is 94.0 cm³/mol. The van der Waals surface area contributed by atoms with E-state index in [0.29, 0.717) is 11.4 Å². The van der Waals surface area contributed by atoms with E-state index in [-0.39, 0.29) is 25.0 Å². The van der Waals surface area contributed by atoms with Gasteiger partial charge in [0.25, 0.3) is 5.91 Å². The van der Waals surface area contributed by atoms with E-state index >= 15 is 0 Å². The molecule has 1 N–H and O–H groups in total.